The number of hydrogen-bond acceptors (Lipinski definition) is 4. The summed E-state index contributed by atoms with van der Waals surface area (Å²) in [7, 11) is 1.39. The zero-order valence-corrected chi connectivity index (χ0v) is 8.15. The summed E-state index contributed by atoms with van der Waals surface area (Å²) in [6.07, 6.45) is 5.20. The van der Waals surface area contributed by atoms with Gasteiger partial charge in [-0.15, -0.1) is 0 Å². The molecular formula is C9H14N2O2. The van der Waals surface area contributed by atoms with Crippen molar-refractivity contribution in [2.24, 2.45) is 4.99 Å². The molecule has 0 unspecified atom stereocenters. The maximum Gasteiger partial charge on any atom is 0.331 e. The lowest BCUT2D eigenvalue weighted by Crippen LogP contribution is -2.49. The van der Waals surface area contributed by atoms with Crippen LogP contribution in [0.15, 0.2) is 17.4 Å². The molecule has 0 aromatic carbocycles. The Morgan fingerprint density at radius 3 is 2.77 bits per heavy atom. The van der Waals surface area contributed by atoms with Crippen molar-refractivity contribution in [3.8, 4) is 0 Å². The number of esters is 1. The fourth-order valence-electron chi connectivity index (χ4n) is 1.16. The van der Waals surface area contributed by atoms with Crippen molar-refractivity contribution in [3.63, 3.8) is 0 Å². The van der Waals surface area contributed by atoms with E-state index >= 15 is 0 Å². The van der Waals surface area contributed by atoms with Crippen molar-refractivity contribution >= 4 is 12.2 Å². The van der Waals surface area contributed by atoms with Crippen molar-refractivity contribution in [2.75, 3.05) is 13.7 Å². The molecule has 4 heteroatoms. The second-order valence-electron chi connectivity index (χ2n) is 3.33. The molecule has 0 saturated carbocycles. The van der Waals surface area contributed by atoms with Gasteiger partial charge in [-0.25, -0.2) is 4.79 Å². The SMILES string of the molecule is COC(=O)C(C)(C)N1C=CN=CC1. The molecule has 0 spiro atoms. The first kappa shape index (κ1) is 9.77. The van der Waals surface area contributed by atoms with Gasteiger partial charge in [-0.3, -0.25) is 4.99 Å². The van der Waals surface area contributed by atoms with E-state index in [0.717, 1.165) is 0 Å². The first-order valence-corrected chi connectivity index (χ1v) is 4.12. The summed E-state index contributed by atoms with van der Waals surface area (Å²) in [5.41, 5.74) is -0.627. The molecule has 0 radical (unpaired) electrons. The average molecular weight is 182 g/mol. The van der Waals surface area contributed by atoms with E-state index in [0.29, 0.717) is 6.54 Å². The third-order valence-corrected chi connectivity index (χ3v) is 2.12. The molecule has 72 valence electrons. The molecule has 0 aromatic rings. The van der Waals surface area contributed by atoms with E-state index in [9.17, 15) is 4.79 Å². The van der Waals surface area contributed by atoms with Gasteiger partial charge in [-0.2, -0.15) is 0 Å². The van der Waals surface area contributed by atoms with E-state index < -0.39 is 5.54 Å². The monoisotopic (exact) mass is 182 g/mol. The Kier molecular flexibility index (Phi) is 2.70. The van der Waals surface area contributed by atoms with Crippen LogP contribution in [0.3, 0.4) is 0 Å². The van der Waals surface area contributed by atoms with Crippen molar-refractivity contribution < 1.29 is 9.53 Å². The van der Waals surface area contributed by atoms with E-state index in [1.165, 1.54) is 7.11 Å². The molecular weight excluding hydrogens is 168 g/mol. The number of carbonyl (C=O) groups excluding carboxylic acids is 1. The lowest BCUT2D eigenvalue weighted by Gasteiger charge is -2.34. The number of carbonyl (C=O) groups is 1. The van der Waals surface area contributed by atoms with Gasteiger partial charge < -0.3 is 9.64 Å². The number of rotatable bonds is 2. The molecule has 0 atom stereocenters. The van der Waals surface area contributed by atoms with Crippen LogP contribution in [0.5, 0.6) is 0 Å². The van der Waals surface area contributed by atoms with Crippen LogP contribution in [0, 0.1) is 0 Å². The fraction of sp³-hybridized carbons (Fsp3) is 0.556. The summed E-state index contributed by atoms with van der Waals surface area (Å²) in [5.74, 6) is -0.243. The van der Waals surface area contributed by atoms with E-state index in [-0.39, 0.29) is 5.97 Å². The highest BCUT2D eigenvalue weighted by Crippen LogP contribution is 2.17. The highest BCUT2D eigenvalue weighted by molar-refractivity contribution is 5.80. The predicted octanol–water partition coefficient (Wildman–Crippen LogP) is 0.796. The molecule has 0 aromatic heterocycles. The van der Waals surface area contributed by atoms with Crippen molar-refractivity contribution in [2.45, 2.75) is 19.4 Å². The third kappa shape index (κ3) is 1.88. The van der Waals surface area contributed by atoms with Crippen LogP contribution < -0.4 is 0 Å². The normalized spacial score (nSPS) is 16.1. The predicted molar refractivity (Wildman–Crippen MR) is 50.4 cm³/mol. The summed E-state index contributed by atoms with van der Waals surface area (Å²) in [5, 5.41) is 0. The number of nitrogens with zero attached hydrogens (tertiary/aromatic N) is 2. The van der Waals surface area contributed by atoms with Crippen LogP contribution >= 0.6 is 0 Å². The Morgan fingerprint density at radius 2 is 2.31 bits per heavy atom. The van der Waals surface area contributed by atoms with Crippen molar-refractivity contribution in [3.05, 3.63) is 12.4 Å². The largest absolute Gasteiger partial charge is 0.467 e. The smallest absolute Gasteiger partial charge is 0.331 e. The van der Waals surface area contributed by atoms with Gasteiger partial charge in [0.2, 0.25) is 0 Å². The van der Waals surface area contributed by atoms with Crippen molar-refractivity contribution in [1.82, 2.24) is 4.90 Å². The number of aliphatic imine (C=N–C) groups is 1. The Balaban J connectivity index is 2.74. The van der Waals surface area contributed by atoms with Gasteiger partial charge in [0.15, 0.2) is 0 Å². The number of hydrogen-bond donors (Lipinski definition) is 0. The Morgan fingerprint density at radius 1 is 1.62 bits per heavy atom. The summed E-state index contributed by atoms with van der Waals surface area (Å²) >= 11 is 0. The van der Waals surface area contributed by atoms with Crippen LogP contribution in [-0.4, -0.2) is 36.3 Å². The zero-order chi connectivity index (χ0) is 9.90. The fourth-order valence-corrected chi connectivity index (χ4v) is 1.16. The molecule has 0 N–H and O–H groups in total. The van der Waals surface area contributed by atoms with E-state index in [1.54, 1.807) is 18.6 Å². The van der Waals surface area contributed by atoms with Crippen LogP contribution in [-0.2, 0) is 9.53 Å². The Bertz CT molecular complexity index is 256. The lowest BCUT2D eigenvalue weighted by atomic mass is 10.0. The summed E-state index contributed by atoms with van der Waals surface area (Å²) in [6.45, 7) is 4.28. The molecule has 1 aliphatic heterocycles. The minimum atomic E-state index is -0.627. The second kappa shape index (κ2) is 3.60. The quantitative estimate of drug-likeness (QED) is 0.593. The minimum absolute atomic E-state index is 0.243. The highest BCUT2D eigenvalue weighted by atomic mass is 16.5. The molecule has 0 bridgehead atoms. The molecule has 1 rings (SSSR count). The lowest BCUT2D eigenvalue weighted by molar-refractivity contribution is -0.151. The second-order valence-corrected chi connectivity index (χ2v) is 3.33. The standard InChI is InChI=1S/C9H14N2O2/c1-9(2,8(12)13-3)11-6-4-10-5-7-11/h4-6H,7H2,1-3H3. The van der Waals surface area contributed by atoms with Gasteiger partial charge in [0.1, 0.15) is 5.54 Å². The maximum atomic E-state index is 11.4. The molecule has 0 aliphatic carbocycles. The number of methoxy groups -OCH3 is 1. The maximum absolute atomic E-state index is 11.4. The summed E-state index contributed by atoms with van der Waals surface area (Å²) in [6, 6.07) is 0. The minimum Gasteiger partial charge on any atom is -0.467 e. The summed E-state index contributed by atoms with van der Waals surface area (Å²) in [4.78, 5) is 17.2. The molecule has 4 nitrogen and oxygen atoms in total. The topological polar surface area (TPSA) is 41.9 Å². The molecule has 1 aliphatic rings. The van der Waals surface area contributed by atoms with Gasteiger partial charge in [0.25, 0.3) is 0 Å². The number of ether oxygens (including phenoxy) is 1. The first-order chi connectivity index (χ1) is 6.09. The van der Waals surface area contributed by atoms with E-state index in [4.69, 9.17) is 4.74 Å². The molecule has 0 amide bonds. The molecule has 1 heterocycles. The van der Waals surface area contributed by atoms with Crippen LogP contribution in [0.2, 0.25) is 0 Å². The molecule has 0 saturated heterocycles. The highest BCUT2D eigenvalue weighted by Gasteiger charge is 2.33. The van der Waals surface area contributed by atoms with Gasteiger partial charge in [-0.1, -0.05) is 0 Å². The van der Waals surface area contributed by atoms with Gasteiger partial charge in [0.05, 0.1) is 13.7 Å². The first-order valence-electron chi connectivity index (χ1n) is 4.12. The molecule has 13 heavy (non-hydrogen) atoms. The van der Waals surface area contributed by atoms with E-state index in [1.807, 2.05) is 18.7 Å². The van der Waals surface area contributed by atoms with Gasteiger partial charge >= 0.3 is 5.97 Å². The van der Waals surface area contributed by atoms with Gasteiger partial charge in [-0.05, 0) is 13.8 Å². The Hall–Kier alpha value is -1.32. The third-order valence-electron chi connectivity index (χ3n) is 2.12. The van der Waals surface area contributed by atoms with Crippen LogP contribution in [0.25, 0.3) is 0 Å². The Labute approximate surface area is 77.9 Å². The summed E-state index contributed by atoms with van der Waals surface area (Å²) < 4.78 is 4.71. The molecule has 0 fully saturated rings. The van der Waals surface area contributed by atoms with Crippen LogP contribution in [0.1, 0.15) is 13.8 Å². The van der Waals surface area contributed by atoms with Gasteiger partial charge in [0, 0.05) is 18.6 Å². The van der Waals surface area contributed by atoms with Crippen LogP contribution in [0.4, 0.5) is 0 Å². The average Bonchev–Trinajstić information content (AvgIpc) is 2.18. The van der Waals surface area contributed by atoms with Crippen molar-refractivity contribution in [1.29, 1.82) is 0 Å². The van der Waals surface area contributed by atoms with E-state index in [2.05, 4.69) is 4.99 Å². The zero-order valence-electron chi connectivity index (χ0n) is 8.15.